The summed E-state index contributed by atoms with van der Waals surface area (Å²) in [4.78, 5) is 48.0. The van der Waals surface area contributed by atoms with Crippen molar-refractivity contribution in [1.29, 1.82) is 0 Å². The first kappa shape index (κ1) is 45.4. The lowest BCUT2D eigenvalue weighted by atomic mass is 9.89. The van der Waals surface area contributed by atoms with Crippen molar-refractivity contribution in [1.82, 2.24) is 20.0 Å². The van der Waals surface area contributed by atoms with E-state index in [-0.39, 0.29) is 47.8 Å². The van der Waals surface area contributed by atoms with E-state index in [1.165, 1.54) is 31.4 Å². The van der Waals surface area contributed by atoms with Crippen molar-refractivity contribution in [3.63, 3.8) is 0 Å². The standard InChI is InChI=1S/C38H68N6O7S/c1-14-26(6)35(42(10)38(47)34(25(4)5)40-23-31(24(2)3)41(8)9)32(50-11)22-33(45)43-21-15-16-30(43)36(51-12)27(7)37(46)44(52(13,48)49)29-19-17-28(39)18-20-29/h17-20,24-27,30-32,34-36,40H,14-16,21-23,39H2,1-13H3/t26-,27-,30+,31-,32-,34+,35+,36-/m1/s1. The molecule has 1 aliphatic rings. The highest BCUT2D eigenvalue weighted by Crippen LogP contribution is 2.31. The van der Waals surface area contributed by atoms with Gasteiger partial charge >= 0.3 is 0 Å². The molecule has 52 heavy (non-hydrogen) atoms. The number of likely N-dealkylation sites (N-methyl/N-ethyl adjacent to an activating group) is 2. The fourth-order valence-electron chi connectivity index (χ4n) is 7.66. The minimum absolute atomic E-state index is 0.0229. The van der Waals surface area contributed by atoms with Crippen LogP contribution in [-0.2, 0) is 33.9 Å². The van der Waals surface area contributed by atoms with Gasteiger partial charge in [-0.25, -0.2) is 12.7 Å². The number of rotatable bonds is 20. The lowest BCUT2D eigenvalue weighted by Gasteiger charge is -2.41. The molecule has 3 N–H and O–H groups in total. The number of anilines is 2. The Balaban J connectivity index is 2.34. The van der Waals surface area contributed by atoms with Gasteiger partial charge in [0, 0.05) is 46.1 Å². The van der Waals surface area contributed by atoms with Gasteiger partial charge in [0.15, 0.2) is 0 Å². The van der Waals surface area contributed by atoms with Crippen molar-refractivity contribution in [3.05, 3.63) is 24.3 Å². The Hall–Kier alpha value is -2.78. The highest BCUT2D eigenvalue weighted by Gasteiger charge is 2.44. The van der Waals surface area contributed by atoms with Crippen molar-refractivity contribution in [3.8, 4) is 0 Å². The maximum absolute atomic E-state index is 14.2. The number of carbonyl (C=O) groups excluding carboxylic acids is 3. The quantitative estimate of drug-likeness (QED) is 0.189. The average Bonchev–Trinajstić information content (AvgIpc) is 3.55. The third kappa shape index (κ3) is 11.4. The summed E-state index contributed by atoms with van der Waals surface area (Å²) < 4.78 is 38.5. The molecule has 298 valence electrons. The predicted octanol–water partition coefficient (Wildman–Crippen LogP) is 3.68. The SMILES string of the molecule is CC[C@@H](C)[C@@H]([C@@H](CC(=O)N1CCC[C@H]1[C@H](OC)[C@@H](C)C(=O)N(c1ccc(N)cc1)S(C)(=O)=O)OC)N(C)C(=O)[C@@H](NC[C@H](C(C)C)N(C)C)C(C)C. The number of hydrogen-bond acceptors (Lipinski definition) is 10. The Morgan fingerprint density at radius 3 is 2.02 bits per heavy atom. The maximum atomic E-state index is 14.2. The first-order valence-electron chi connectivity index (χ1n) is 18.6. The molecule has 0 aliphatic carbocycles. The van der Waals surface area contributed by atoms with Gasteiger partial charge in [-0.3, -0.25) is 14.4 Å². The van der Waals surface area contributed by atoms with E-state index < -0.39 is 46.1 Å². The maximum Gasteiger partial charge on any atom is 0.246 e. The zero-order chi connectivity index (χ0) is 39.7. The molecule has 1 heterocycles. The number of ether oxygens (including phenoxy) is 2. The average molecular weight is 753 g/mol. The van der Waals surface area contributed by atoms with Crippen LogP contribution in [0.4, 0.5) is 11.4 Å². The normalized spacial score (nSPS) is 19.3. The molecule has 1 fully saturated rings. The zero-order valence-corrected chi connectivity index (χ0v) is 34.8. The van der Waals surface area contributed by atoms with E-state index in [0.29, 0.717) is 37.5 Å². The fourth-order valence-corrected chi connectivity index (χ4v) is 8.66. The molecule has 1 aliphatic heterocycles. The first-order chi connectivity index (χ1) is 24.2. The fraction of sp³-hybridized carbons (Fsp3) is 0.763. The largest absolute Gasteiger partial charge is 0.399 e. The number of amides is 3. The number of nitrogens with two attached hydrogens (primary N) is 1. The van der Waals surface area contributed by atoms with Gasteiger partial charge in [0.1, 0.15) is 0 Å². The van der Waals surface area contributed by atoms with Gasteiger partial charge in [-0.2, -0.15) is 0 Å². The minimum atomic E-state index is -4.00. The molecule has 14 heteroatoms. The minimum Gasteiger partial charge on any atom is -0.399 e. The highest BCUT2D eigenvalue weighted by molar-refractivity contribution is 7.92. The van der Waals surface area contributed by atoms with Crippen LogP contribution >= 0.6 is 0 Å². The van der Waals surface area contributed by atoms with Crippen LogP contribution < -0.4 is 15.4 Å². The monoisotopic (exact) mass is 752 g/mol. The molecule has 2 rings (SSSR count). The van der Waals surface area contributed by atoms with Gasteiger partial charge < -0.3 is 35.2 Å². The van der Waals surface area contributed by atoms with E-state index in [2.05, 4.69) is 37.9 Å². The van der Waals surface area contributed by atoms with Gasteiger partial charge in [0.25, 0.3) is 0 Å². The van der Waals surface area contributed by atoms with E-state index in [9.17, 15) is 22.8 Å². The van der Waals surface area contributed by atoms with E-state index in [0.717, 1.165) is 17.0 Å². The van der Waals surface area contributed by atoms with Gasteiger partial charge in [-0.05, 0) is 69.0 Å². The van der Waals surface area contributed by atoms with E-state index in [1.54, 1.807) is 30.9 Å². The molecule has 1 saturated heterocycles. The molecular weight excluding hydrogens is 685 g/mol. The van der Waals surface area contributed by atoms with Gasteiger partial charge in [0.05, 0.1) is 54.6 Å². The Kier molecular flexibility index (Phi) is 17.5. The number of methoxy groups -OCH3 is 2. The summed E-state index contributed by atoms with van der Waals surface area (Å²) >= 11 is 0. The number of nitrogens with zero attached hydrogens (tertiary/aromatic N) is 4. The molecular formula is C38H68N6O7S. The molecule has 0 saturated carbocycles. The molecule has 3 amide bonds. The molecule has 1 aromatic rings. The smallest absolute Gasteiger partial charge is 0.246 e. The van der Waals surface area contributed by atoms with Crippen molar-refractivity contribution in [2.75, 3.05) is 64.7 Å². The molecule has 0 spiro atoms. The van der Waals surface area contributed by atoms with Crippen molar-refractivity contribution in [2.45, 2.75) is 111 Å². The number of hydrogen-bond donors (Lipinski definition) is 2. The first-order valence-corrected chi connectivity index (χ1v) is 20.5. The second-order valence-electron chi connectivity index (χ2n) is 15.5. The molecule has 13 nitrogen and oxygen atoms in total. The molecule has 0 bridgehead atoms. The van der Waals surface area contributed by atoms with E-state index >= 15 is 0 Å². The molecule has 0 radical (unpaired) electrons. The summed E-state index contributed by atoms with van der Waals surface area (Å²) in [5.74, 6) is -1.33. The summed E-state index contributed by atoms with van der Waals surface area (Å²) in [5.41, 5.74) is 6.42. The van der Waals surface area contributed by atoms with Crippen molar-refractivity contribution in [2.24, 2.45) is 23.7 Å². The lowest BCUT2D eigenvalue weighted by Crippen LogP contribution is -2.58. The lowest BCUT2D eigenvalue weighted by molar-refractivity contribution is -0.146. The summed E-state index contributed by atoms with van der Waals surface area (Å²) in [6, 6.07) is 5.02. The van der Waals surface area contributed by atoms with Crippen LogP contribution in [-0.4, -0.2) is 132 Å². The van der Waals surface area contributed by atoms with Crippen molar-refractivity contribution < 1.29 is 32.3 Å². The number of benzene rings is 1. The van der Waals surface area contributed by atoms with E-state index in [1.807, 2.05) is 27.9 Å². The second kappa shape index (κ2) is 20.1. The second-order valence-corrected chi connectivity index (χ2v) is 17.3. The Bertz CT molecular complexity index is 1400. The van der Waals surface area contributed by atoms with Crippen molar-refractivity contribution >= 4 is 39.1 Å². The Morgan fingerprint density at radius 1 is 0.962 bits per heavy atom. The van der Waals surface area contributed by atoms with Crippen LogP contribution in [0.5, 0.6) is 0 Å². The van der Waals surface area contributed by atoms with Crippen LogP contribution in [0.3, 0.4) is 0 Å². The van der Waals surface area contributed by atoms with Crippen LogP contribution in [0.25, 0.3) is 0 Å². The number of nitrogens with one attached hydrogen (secondary N) is 1. The summed E-state index contributed by atoms with van der Waals surface area (Å²) in [6.07, 6.45) is 1.68. The van der Waals surface area contributed by atoms with Gasteiger partial charge in [-0.15, -0.1) is 0 Å². The third-order valence-corrected chi connectivity index (χ3v) is 11.9. The highest BCUT2D eigenvalue weighted by atomic mass is 32.2. The number of nitrogen functional groups attached to an aromatic ring is 1. The number of carbonyl (C=O) groups is 3. The molecule has 1 aromatic carbocycles. The molecule has 0 aromatic heterocycles. The van der Waals surface area contributed by atoms with E-state index in [4.69, 9.17) is 15.2 Å². The molecule has 8 atom stereocenters. The Labute approximate surface area is 314 Å². The number of sulfonamides is 1. The summed E-state index contributed by atoms with van der Waals surface area (Å²) in [6.45, 7) is 15.3. The number of likely N-dealkylation sites (tertiary alicyclic amines) is 1. The van der Waals surface area contributed by atoms with Crippen LogP contribution in [0, 0.1) is 23.7 Å². The third-order valence-electron chi connectivity index (χ3n) is 10.8. The zero-order valence-electron chi connectivity index (χ0n) is 34.0. The summed E-state index contributed by atoms with van der Waals surface area (Å²) in [7, 11) is 4.95. The van der Waals surface area contributed by atoms with Crippen LogP contribution in [0.15, 0.2) is 24.3 Å². The van der Waals surface area contributed by atoms with Gasteiger partial charge in [0.2, 0.25) is 27.7 Å². The topological polar surface area (TPSA) is 155 Å². The Morgan fingerprint density at radius 2 is 1.56 bits per heavy atom. The van der Waals surface area contributed by atoms with Crippen LogP contribution in [0.2, 0.25) is 0 Å². The summed E-state index contributed by atoms with van der Waals surface area (Å²) in [5, 5.41) is 3.55. The van der Waals surface area contributed by atoms with Crippen LogP contribution in [0.1, 0.15) is 74.1 Å². The molecule has 0 unspecified atom stereocenters. The predicted molar refractivity (Wildman–Crippen MR) is 208 cm³/mol. The van der Waals surface area contributed by atoms with Gasteiger partial charge in [-0.1, -0.05) is 54.9 Å².